The van der Waals surface area contributed by atoms with Crippen molar-refractivity contribution in [3.63, 3.8) is 0 Å². The molecule has 0 unspecified atom stereocenters. The van der Waals surface area contributed by atoms with E-state index in [9.17, 15) is 4.79 Å². The Morgan fingerprint density at radius 3 is 2.46 bits per heavy atom. The average molecular weight is 358 g/mol. The Kier molecular flexibility index (Phi) is 7.29. The first-order valence-electron chi connectivity index (χ1n) is 8.39. The lowest BCUT2D eigenvalue weighted by atomic mass is 10.1. The molecule has 0 aromatic heterocycles. The lowest BCUT2D eigenvalue weighted by Gasteiger charge is -2.17. The normalized spacial score (nSPS) is 10.5. The van der Waals surface area contributed by atoms with Gasteiger partial charge in [-0.15, -0.1) is 0 Å². The number of hydrogen-bond acceptors (Lipinski definition) is 5. The lowest BCUT2D eigenvalue weighted by Crippen LogP contribution is -2.31. The number of ether oxygens (including phenoxy) is 3. The predicted molar refractivity (Wildman–Crippen MR) is 102 cm³/mol. The van der Waals surface area contributed by atoms with E-state index >= 15 is 0 Å². The number of anilines is 1. The van der Waals surface area contributed by atoms with Crippen molar-refractivity contribution in [1.82, 2.24) is 4.90 Å². The molecule has 0 bridgehead atoms. The van der Waals surface area contributed by atoms with Gasteiger partial charge in [0.25, 0.3) is 0 Å². The summed E-state index contributed by atoms with van der Waals surface area (Å²) >= 11 is 0. The minimum absolute atomic E-state index is 0.0620. The summed E-state index contributed by atoms with van der Waals surface area (Å²) in [5.74, 6) is 2.07. The summed E-state index contributed by atoms with van der Waals surface area (Å²) in [5.41, 5.74) is 1.85. The summed E-state index contributed by atoms with van der Waals surface area (Å²) in [7, 11) is 6.76. The van der Waals surface area contributed by atoms with Gasteiger partial charge in [0.05, 0.1) is 27.9 Å². The monoisotopic (exact) mass is 358 g/mol. The highest BCUT2D eigenvalue weighted by Gasteiger charge is 2.09. The smallest absolute Gasteiger partial charge is 0.238 e. The van der Waals surface area contributed by atoms with E-state index in [0.717, 1.165) is 24.2 Å². The van der Waals surface area contributed by atoms with Gasteiger partial charge in [0.2, 0.25) is 5.91 Å². The number of likely N-dealkylation sites (N-methyl/N-ethyl adjacent to an activating group) is 1. The second-order valence-corrected chi connectivity index (χ2v) is 5.96. The topological polar surface area (TPSA) is 60.0 Å². The van der Waals surface area contributed by atoms with E-state index in [1.807, 2.05) is 48.3 Å². The highest BCUT2D eigenvalue weighted by molar-refractivity contribution is 5.92. The molecule has 0 aliphatic rings. The lowest BCUT2D eigenvalue weighted by molar-refractivity contribution is -0.117. The van der Waals surface area contributed by atoms with Crippen LogP contribution in [0.2, 0.25) is 0 Å². The van der Waals surface area contributed by atoms with Crippen molar-refractivity contribution in [2.45, 2.75) is 6.42 Å². The third-order valence-electron chi connectivity index (χ3n) is 4.00. The van der Waals surface area contributed by atoms with Gasteiger partial charge < -0.3 is 19.5 Å². The van der Waals surface area contributed by atoms with Gasteiger partial charge in [0, 0.05) is 18.3 Å². The van der Waals surface area contributed by atoms with Gasteiger partial charge in [-0.3, -0.25) is 9.69 Å². The summed E-state index contributed by atoms with van der Waals surface area (Å²) in [6.45, 7) is 1.06. The molecule has 1 amide bonds. The quantitative estimate of drug-likeness (QED) is 0.747. The third kappa shape index (κ3) is 5.67. The van der Waals surface area contributed by atoms with Crippen LogP contribution in [0.25, 0.3) is 0 Å². The minimum atomic E-state index is -0.0620. The maximum absolute atomic E-state index is 12.2. The van der Waals surface area contributed by atoms with Gasteiger partial charge in [-0.25, -0.2) is 0 Å². The second kappa shape index (κ2) is 9.68. The molecule has 1 N–H and O–H groups in total. The van der Waals surface area contributed by atoms with E-state index < -0.39 is 0 Å². The van der Waals surface area contributed by atoms with E-state index in [1.54, 1.807) is 27.4 Å². The molecule has 0 heterocycles. The number of methoxy groups -OCH3 is 3. The summed E-state index contributed by atoms with van der Waals surface area (Å²) in [5, 5.41) is 2.88. The maximum Gasteiger partial charge on any atom is 0.238 e. The largest absolute Gasteiger partial charge is 0.497 e. The van der Waals surface area contributed by atoms with Crippen molar-refractivity contribution in [3.05, 3.63) is 48.0 Å². The summed E-state index contributed by atoms with van der Waals surface area (Å²) in [6.07, 6.45) is 0.809. The molecular weight excluding hydrogens is 332 g/mol. The molecule has 2 rings (SSSR count). The van der Waals surface area contributed by atoms with Crippen LogP contribution in [-0.4, -0.2) is 52.3 Å². The Labute approximate surface area is 154 Å². The van der Waals surface area contributed by atoms with Crippen molar-refractivity contribution in [2.24, 2.45) is 0 Å². The Morgan fingerprint density at radius 2 is 1.77 bits per heavy atom. The Balaban J connectivity index is 1.84. The molecular formula is C20H26N2O4. The molecule has 26 heavy (non-hydrogen) atoms. The van der Waals surface area contributed by atoms with Crippen molar-refractivity contribution >= 4 is 11.6 Å². The number of benzene rings is 2. The summed E-state index contributed by atoms with van der Waals surface area (Å²) in [6, 6.07) is 13.2. The molecule has 2 aromatic rings. The zero-order chi connectivity index (χ0) is 18.9. The molecule has 0 saturated heterocycles. The van der Waals surface area contributed by atoms with E-state index in [4.69, 9.17) is 14.2 Å². The number of hydrogen-bond donors (Lipinski definition) is 1. The molecule has 2 aromatic carbocycles. The van der Waals surface area contributed by atoms with Crippen LogP contribution in [-0.2, 0) is 11.2 Å². The summed E-state index contributed by atoms with van der Waals surface area (Å²) < 4.78 is 15.7. The Hall–Kier alpha value is -2.73. The zero-order valence-corrected chi connectivity index (χ0v) is 15.7. The SMILES string of the molecule is COc1cccc(NC(=O)CN(C)CCc2ccc(OC)c(OC)c2)c1. The van der Waals surface area contributed by atoms with Gasteiger partial charge in [0.15, 0.2) is 11.5 Å². The highest BCUT2D eigenvalue weighted by atomic mass is 16.5. The number of nitrogens with one attached hydrogen (secondary N) is 1. The fraction of sp³-hybridized carbons (Fsp3) is 0.350. The van der Waals surface area contributed by atoms with E-state index in [1.165, 1.54) is 0 Å². The minimum Gasteiger partial charge on any atom is -0.497 e. The molecule has 0 aliphatic heterocycles. The standard InChI is InChI=1S/C20H26N2O4/c1-22(11-10-15-8-9-18(25-3)19(12-15)26-4)14-20(23)21-16-6-5-7-17(13-16)24-2/h5-9,12-13H,10-11,14H2,1-4H3,(H,21,23). The fourth-order valence-electron chi connectivity index (χ4n) is 2.58. The number of amides is 1. The van der Waals surface area contributed by atoms with Gasteiger partial charge >= 0.3 is 0 Å². The van der Waals surface area contributed by atoms with E-state index in [2.05, 4.69) is 5.32 Å². The first-order chi connectivity index (χ1) is 12.5. The second-order valence-electron chi connectivity index (χ2n) is 5.96. The number of carbonyl (C=O) groups excluding carboxylic acids is 1. The number of carbonyl (C=O) groups is 1. The number of rotatable bonds is 9. The van der Waals surface area contributed by atoms with Gasteiger partial charge in [-0.1, -0.05) is 12.1 Å². The first kappa shape index (κ1) is 19.6. The molecule has 0 fully saturated rings. The Morgan fingerprint density at radius 1 is 1.00 bits per heavy atom. The van der Waals surface area contributed by atoms with Crippen molar-refractivity contribution < 1.29 is 19.0 Å². The maximum atomic E-state index is 12.2. The molecule has 0 spiro atoms. The zero-order valence-electron chi connectivity index (χ0n) is 15.7. The Bertz CT molecular complexity index is 734. The highest BCUT2D eigenvalue weighted by Crippen LogP contribution is 2.27. The van der Waals surface area contributed by atoms with Crippen molar-refractivity contribution in [3.8, 4) is 17.2 Å². The van der Waals surface area contributed by atoms with E-state index in [0.29, 0.717) is 23.8 Å². The van der Waals surface area contributed by atoms with Crippen LogP contribution in [0.4, 0.5) is 5.69 Å². The van der Waals surface area contributed by atoms with Gasteiger partial charge in [-0.2, -0.15) is 0 Å². The van der Waals surface area contributed by atoms with Crippen molar-refractivity contribution in [1.29, 1.82) is 0 Å². The molecule has 6 nitrogen and oxygen atoms in total. The van der Waals surface area contributed by atoms with E-state index in [-0.39, 0.29) is 5.91 Å². The van der Waals surface area contributed by atoms with Crippen LogP contribution < -0.4 is 19.5 Å². The van der Waals surface area contributed by atoms with Crippen LogP contribution in [0.1, 0.15) is 5.56 Å². The molecule has 0 saturated carbocycles. The molecule has 140 valence electrons. The molecule has 0 aliphatic carbocycles. The van der Waals surface area contributed by atoms with Crippen LogP contribution in [0.3, 0.4) is 0 Å². The summed E-state index contributed by atoms with van der Waals surface area (Å²) in [4.78, 5) is 14.2. The van der Waals surface area contributed by atoms with Crippen LogP contribution >= 0.6 is 0 Å². The molecule has 0 radical (unpaired) electrons. The first-order valence-corrected chi connectivity index (χ1v) is 8.39. The number of nitrogens with zero attached hydrogens (tertiary/aromatic N) is 1. The van der Waals surface area contributed by atoms with Crippen LogP contribution in [0, 0.1) is 0 Å². The molecule has 6 heteroatoms. The van der Waals surface area contributed by atoms with Crippen molar-refractivity contribution in [2.75, 3.05) is 46.8 Å². The van der Waals surface area contributed by atoms with Gasteiger partial charge in [0.1, 0.15) is 5.75 Å². The van der Waals surface area contributed by atoms with Gasteiger partial charge in [-0.05, 0) is 43.3 Å². The third-order valence-corrected chi connectivity index (χ3v) is 4.00. The average Bonchev–Trinajstić information content (AvgIpc) is 2.66. The predicted octanol–water partition coefficient (Wildman–Crippen LogP) is 2.83. The van der Waals surface area contributed by atoms with Crippen LogP contribution in [0.15, 0.2) is 42.5 Å². The molecule has 0 atom stereocenters. The fourth-order valence-corrected chi connectivity index (χ4v) is 2.58. The van der Waals surface area contributed by atoms with Crippen LogP contribution in [0.5, 0.6) is 17.2 Å².